The molecule has 0 saturated carbocycles. The molecule has 7 nitrogen and oxygen atoms in total. The van der Waals surface area contributed by atoms with Crippen LogP contribution in [0.15, 0.2) is 30.3 Å². The van der Waals surface area contributed by atoms with Crippen molar-refractivity contribution in [3.05, 3.63) is 46.7 Å². The van der Waals surface area contributed by atoms with E-state index < -0.39 is 11.9 Å². The van der Waals surface area contributed by atoms with Gasteiger partial charge in [0.25, 0.3) is 5.91 Å². The van der Waals surface area contributed by atoms with Crippen LogP contribution < -0.4 is 10.1 Å². The zero-order chi connectivity index (χ0) is 15.4. The van der Waals surface area contributed by atoms with Crippen LogP contribution in [-0.4, -0.2) is 34.3 Å². The molecule has 0 unspecified atom stereocenters. The predicted molar refractivity (Wildman–Crippen MR) is 74.9 cm³/mol. The van der Waals surface area contributed by atoms with E-state index >= 15 is 0 Å². The van der Waals surface area contributed by atoms with Crippen LogP contribution in [0, 0.1) is 0 Å². The Labute approximate surface area is 124 Å². The van der Waals surface area contributed by atoms with Crippen LogP contribution in [0.2, 0.25) is 5.15 Å². The average molecular weight is 308 g/mol. The minimum atomic E-state index is -1.17. The van der Waals surface area contributed by atoms with Gasteiger partial charge in [-0.3, -0.25) is 4.79 Å². The van der Waals surface area contributed by atoms with Crippen molar-refractivity contribution >= 4 is 29.2 Å². The molecule has 0 aliphatic rings. The number of anilines is 1. The van der Waals surface area contributed by atoms with Crippen LogP contribution in [-0.2, 0) is 0 Å². The lowest BCUT2D eigenvalue weighted by Gasteiger charge is -2.09. The number of halogens is 1. The number of hydrogen-bond donors (Lipinski definition) is 2. The van der Waals surface area contributed by atoms with Crippen LogP contribution >= 0.6 is 11.6 Å². The molecule has 0 radical (unpaired) electrons. The highest BCUT2D eigenvalue weighted by atomic mass is 35.5. The van der Waals surface area contributed by atoms with Crippen molar-refractivity contribution in [2.24, 2.45) is 0 Å². The maximum Gasteiger partial charge on any atom is 0.337 e. The van der Waals surface area contributed by atoms with Crippen LogP contribution in [0.3, 0.4) is 0 Å². The van der Waals surface area contributed by atoms with E-state index in [4.69, 9.17) is 21.4 Å². The van der Waals surface area contributed by atoms with Gasteiger partial charge in [0.1, 0.15) is 5.75 Å². The number of ether oxygens (including phenoxy) is 1. The molecule has 0 saturated heterocycles. The van der Waals surface area contributed by atoms with Crippen molar-refractivity contribution < 1.29 is 19.4 Å². The summed E-state index contributed by atoms with van der Waals surface area (Å²) < 4.78 is 5.00. The number of carbonyl (C=O) groups is 2. The van der Waals surface area contributed by atoms with Gasteiger partial charge in [-0.15, -0.1) is 10.2 Å². The number of methoxy groups -OCH3 is 1. The Balaban J connectivity index is 2.31. The van der Waals surface area contributed by atoms with E-state index in [9.17, 15) is 9.59 Å². The summed E-state index contributed by atoms with van der Waals surface area (Å²) in [6.45, 7) is 0. The molecule has 21 heavy (non-hydrogen) atoms. The molecule has 1 aromatic heterocycles. The van der Waals surface area contributed by atoms with Crippen molar-refractivity contribution in [3.63, 3.8) is 0 Å². The monoisotopic (exact) mass is 307 g/mol. The van der Waals surface area contributed by atoms with Gasteiger partial charge in [-0.05, 0) is 24.3 Å². The number of hydrogen-bond acceptors (Lipinski definition) is 5. The lowest BCUT2D eigenvalue weighted by atomic mass is 10.1. The molecular formula is C13H10ClN3O4. The topological polar surface area (TPSA) is 101 Å². The summed E-state index contributed by atoms with van der Waals surface area (Å²) in [4.78, 5) is 23.2. The number of carboxylic acids is 1. The smallest absolute Gasteiger partial charge is 0.337 e. The third kappa shape index (κ3) is 3.46. The van der Waals surface area contributed by atoms with Crippen molar-refractivity contribution in [2.45, 2.75) is 0 Å². The molecule has 0 aliphatic heterocycles. The zero-order valence-corrected chi connectivity index (χ0v) is 11.6. The van der Waals surface area contributed by atoms with Gasteiger partial charge < -0.3 is 15.2 Å². The standard InChI is InChI=1S/C13H10ClN3O4/c1-21-7-2-3-8(13(19)20)10(6-7)15-12(18)9-4-5-11(14)17-16-9/h2-6H,1H3,(H,15,18)(H,19,20). The first kappa shape index (κ1) is 14.7. The zero-order valence-electron chi connectivity index (χ0n) is 10.8. The fourth-order valence-electron chi connectivity index (χ4n) is 1.56. The molecule has 1 amide bonds. The predicted octanol–water partition coefficient (Wildman–Crippen LogP) is 2.09. The van der Waals surface area contributed by atoms with E-state index in [-0.39, 0.29) is 22.1 Å². The van der Waals surface area contributed by atoms with Crippen molar-refractivity contribution in [1.82, 2.24) is 10.2 Å². The molecule has 0 spiro atoms. The van der Waals surface area contributed by atoms with Crippen molar-refractivity contribution in [3.8, 4) is 5.75 Å². The average Bonchev–Trinajstić information content (AvgIpc) is 2.47. The van der Waals surface area contributed by atoms with E-state index in [2.05, 4.69) is 15.5 Å². The Bertz CT molecular complexity index is 688. The van der Waals surface area contributed by atoms with Crippen molar-refractivity contribution in [2.75, 3.05) is 12.4 Å². The number of aromatic carboxylic acids is 1. The summed E-state index contributed by atoms with van der Waals surface area (Å²) in [7, 11) is 1.44. The van der Waals surface area contributed by atoms with E-state index in [0.29, 0.717) is 5.75 Å². The Hall–Kier alpha value is -2.67. The molecule has 1 heterocycles. The summed E-state index contributed by atoms with van der Waals surface area (Å²) in [6, 6.07) is 7.02. The Morgan fingerprint density at radius 1 is 1.24 bits per heavy atom. The lowest BCUT2D eigenvalue weighted by molar-refractivity contribution is 0.0698. The molecule has 0 bridgehead atoms. The molecular weight excluding hydrogens is 298 g/mol. The molecule has 2 N–H and O–H groups in total. The second-order valence-electron chi connectivity index (χ2n) is 3.91. The maximum atomic E-state index is 12.0. The fourth-order valence-corrected chi connectivity index (χ4v) is 1.66. The van der Waals surface area contributed by atoms with Crippen LogP contribution in [0.1, 0.15) is 20.8 Å². The number of amides is 1. The third-order valence-electron chi connectivity index (χ3n) is 2.57. The summed E-state index contributed by atoms with van der Waals surface area (Å²) >= 11 is 5.58. The van der Waals surface area contributed by atoms with Gasteiger partial charge in [0, 0.05) is 6.07 Å². The lowest BCUT2D eigenvalue weighted by Crippen LogP contribution is -2.16. The quantitative estimate of drug-likeness (QED) is 0.896. The molecule has 0 atom stereocenters. The molecule has 2 aromatic rings. The first-order valence-corrected chi connectivity index (χ1v) is 6.11. The highest BCUT2D eigenvalue weighted by molar-refractivity contribution is 6.29. The first-order valence-electron chi connectivity index (χ1n) is 5.73. The van der Waals surface area contributed by atoms with Gasteiger partial charge in [0.2, 0.25) is 0 Å². The Morgan fingerprint density at radius 2 is 2.00 bits per heavy atom. The van der Waals surface area contributed by atoms with Crippen LogP contribution in [0.25, 0.3) is 0 Å². The van der Waals surface area contributed by atoms with Gasteiger partial charge in [-0.1, -0.05) is 11.6 Å². The van der Waals surface area contributed by atoms with E-state index in [0.717, 1.165) is 0 Å². The molecule has 1 aromatic carbocycles. The number of aromatic nitrogens is 2. The van der Waals surface area contributed by atoms with Gasteiger partial charge in [0.15, 0.2) is 10.8 Å². The fraction of sp³-hybridized carbons (Fsp3) is 0.0769. The van der Waals surface area contributed by atoms with E-state index in [1.165, 1.54) is 37.4 Å². The second-order valence-corrected chi connectivity index (χ2v) is 4.30. The van der Waals surface area contributed by atoms with E-state index in [1.807, 2.05) is 0 Å². The van der Waals surface area contributed by atoms with Gasteiger partial charge in [0.05, 0.1) is 18.4 Å². The molecule has 0 aliphatic carbocycles. The summed E-state index contributed by atoms with van der Waals surface area (Å²) in [5.41, 5.74) is 0.0493. The highest BCUT2D eigenvalue weighted by Crippen LogP contribution is 2.23. The van der Waals surface area contributed by atoms with Crippen LogP contribution in [0.4, 0.5) is 5.69 Å². The second kappa shape index (κ2) is 6.19. The van der Waals surface area contributed by atoms with Gasteiger partial charge in [-0.25, -0.2) is 4.79 Å². The molecule has 8 heteroatoms. The van der Waals surface area contributed by atoms with Crippen LogP contribution in [0.5, 0.6) is 5.75 Å². The van der Waals surface area contributed by atoms with Crippen molar-refractivity contribution in [1.29, 1.82) is 0 Å². The third-order valence-corrected chi connectivity index (χ3v) is 2.77. The summed E-state index contributed by atoms with van der Waals surface area (Å²) in [5.74, 6) is -1.36. The number of nitrogens with zero attached hydrogens (tertiary/aromatic N) is 2. The van der Waals surface area contributed by atoms with E-state index in [1.54, 1.807) is 0 Å². The number of benzene rings is 1. The number of carbonyl (C=O) groups excluding carboxylic acids is 1. The largest absolute Gasteiger partial charge is 0.497 e. The number of carboxylic acid groups (broad SMARTS) is 1. The minimum Gasteiger partial charge on any atom is -0.497 e. The van der Waals surface area contributed by atoms with Gasteiger partial charge >= 0.3 is 5.97 Å². The Morgan fingerprint density at radius 3 is 2.57 bits per heavy atom. The Kier molecular flexibility index (Phi) is 4.34. The first-order chi connectivity index (χ1) is 10.0. The highest BCUT2D eigenvalue weighted by Gasteiger charge is 2.15. The molecule has 2 rings (SSSR count). The normalized spacial score (nSPS) is 10.0. The summed E-state index contributed by atoms with van der Waals surface area (Å²) in [6.07, 6.45) is 0. The number of rotatable bonds is 4. The SMILES string of the molecule is COc1ccc(C(=O)O)c(NC(=O)c2ccc(Cl)nn2)c1. The number of nitrogens with one attached hydrogen (secondary N) is 1. The maximum absolute atomic E-state index is 12.0. The summed E-state index contributed by atoms with van der Waals surface area (Å²) in [5, 5.41) is 18.9. The van der Waals surface area contributed by atoms with Gasteiger partial charge in [-0.2, -0.15) is 0 Å². The molecule has 108 valence electrons. The molecule has 0 fully saturated rings. The minimum absolute atomic E-state index is 0.0126.